The zero-order chi connectivity index (χ0) is 13.0. The molecular weight excluding hydrogens is 296 g/mol. The highest BCUT2D eigenvalue weighted by Gasteiger charge is 2.03. The molecular formula is C12H13BrN4O. The Kier molecular flexibility index (Phi) is 3.99. The predicted octanol–water partition coefficient (Wildman–Crippen LogP) is 1.54. The largest absolute Gasteiger partial charge is 0.382 e. The Morgan fingerprint density at radius 3 is 2.67 bits per heavy atom. The Labute approximate surface area is 113 Å². The number of hydrogen-bond acceptors (Lipinski definition) is 3. The molecule has 3 N–H and O–H groups in total. The van der Waals surface area contributed by atoms with E-state index in [-0.39, 0.29) is 12.5 Å². The number of rotatable bonds is 4. The van der Waals surface area contributed by atoms with E-state index in [1.807, 2.05) is 24.3 Å². The molecule has 6 heteroatoms. The fraction of sp³-hybridized carbons (Fsp3) is 0.167. The SMILES string of the molecule is Nc1ccn(CC(=O)NCc2ccc(Br)cc2)n1. The Hall–Kier alpha value is -1.82. The third kappa shape index (κ3) is 3.59. The van der Waals surface area contributed by atoms with Gasteiger partial charge in [0.15, 0.2) is 0 Å². The lowest BCUT2D eigenvalue weighted by Crippen LogP contribution is -2.27. The normalized spacial score (nSPS) is 10.3. The summed E-state index contributed by atoms with van der Waals surface area (Å²) in [6.45, 7) is 0.677. The topological polar surface area (TPSA) is 72.9 Å². The predicted molar refractivity (Wildman–Crippen MR) is 72.6 cm³/mol. The van der Waals surface area contributed by atoms with Crippen LogP contribution in [0.3, 0.4) is 0 Å². The molecule has 0 saturated heterocycles. The summed E-state index contributed by atoms with van der Waals surface area (Å²) in [5.74, 6) is 0.316. The Bertz CT molecular complexity index is 535. The highest BCUT2D eigenvalue weighted by atomic mass is 79.9. The summed E-state index contributed by atoms with van der Waals surface area (Å²) in [5.41, 5.74) is 6.51. The first kappa shape index (κ1) is 12.6. The van der Waals surface area contributed by atoms with Crippen molar-refractivity contribution in [1.29, 1.82) is 0 Å². The highest BCUT2D eigenvalue weighted by molar-refractivity contribution is 9.10. The Morgan fingerprint density at radius 1 is 1.33 bits per heavy atom. The van der Waals surface area contributed by atoms with E-state index < -0.39 is 0 Å². The number of nitrogens with one attached hydrogen (secondary N) is 1. The number of nitrogen functional groups attached to an aromatic ring is 1. The van der Waals surface area contributed by atoms with E-state index in [9.17, 15) is 4.79 Å². The summed E-state index contributed by atoms with van der Waals surface area (Å²) in [7, 11) is 0. The summed E-state index contributed by atoms with van der Waals surface area (Å²) < 4.78 is 2.52. The molecule has 0 aliphatic carbocycles. The number of nitrogens with zero attached hydrogens (tertiary/aromatic N) is 2. The first-order valence-corrected chi connectivity index (χ1v) is 6.23. The number of nitrogens with two attached hydrogens (primary N) is 1. The van der Waals surface area contributed by atoms with Crippen molar-refractivity contribution in [3.63, 3.8) is 0 Å². The van der Waals surface area contributed by atoms with E-state index in [1.165, 1.54) is 4.68 Å². The number of carbonyl (C=O) groups is 1. The van der Waals surface area contributed by atoms with E-state index >= 15 is 0 Å². The van der Waals surface area contributed by atoms with Crippen molar-refractivity contribution >= 4 is 27.7 Å². The van der Waals surface area contributed by atoms with Crippen LogP contribution in [0.4, 0.5) is 5.82 Å². The van der Waals surface area contributed by atoms with Crippen molar-refractivity contribution in [2.24, 2.45) is 0 Å². The lowest BCUT2D eigenvalue weighted by atomic mass is 10.2. The van der Waals surface area contributed by atoms with Crippen molar-refractivity contribution in [3.05, 3.63) is 46.6 Å². The first-order valence-electron chi connectivity index (χ1n) is 5.43. The van der Waals surface area contributed by atoms with Crippen molar-refractivity contribution < 1.29 is 4.79 Å². The van der Waals surface area contributed by atoms with Crippen LogP contribution in [0.15, 0.2) is 41.0 Å². The van der Waals surface area contributed by atoms with Crippen LogP contribution in [0.2, 0.25) is 0 Å². The van der Waals surface area contributed by atoms with Gasteiger partial charge in [0, 0.05) is 17.2 Å². The van der Waals surface area contributed by atoms with Crippen LogP contribution in [0.5, 0.6) is 0 Å². The molecule has 1 amide bonds. The number of anilines is 1. The minimum atomic E-state index is -0.0963. The summed E-state index contributed by atoms with van der Waals surface area (Å²) in [4.78, 5) is 11.6. The van der Waals surface area contributed by atoms with E-state index in [4.69, 9.17) is 5.73 Å². The average molecular weight is 309 g/mol. The molecule has 0 aliphatic rings. The Morgan fingerprint density at radius 2 is 2.06 bits per heavy atom. The first-order chi connectivity index (χ1) is 8.63. The molecule has 1 aromatic carbocycles. The zero-order valence-electron chi connectivity index (χ0n) is 9.64. The van der Waals surface area contributed by atoms with Crippen LogP contribution in [0.25, 0.3) is 0 Å². The van der Waals surface area contributed by atoms with E-state index in [0.29, 0.717) is 12.4 Å². The zero-order valence-corrected chi connectivity index (χ0v) is 11.2. The van der Waals surface area contributed by atoms with Gasteiger partial charge in [0.25, 0.3) is 0 Å². The number of hydrogen-bond donors (Lipinski definition) is 2. The molecule has 18 heavy (non-hydrogen) atoms. The van der Waals surface area contributed by atoms with Crippen LogP contribution in [0.1, 0.15) is 5.56 Å². The molecule has 0 fully saturated rings. The molecule has 1 aromatic heterocycles. The van der Waals surface area contributed by atoms with Crippen LogP contribution in [-0.4, -0.2) is 15.7 Å². The van der Waals surface area contributed by atoms with Gasteiger partial charge in [-0.15, -0.1) is 0 Å². The van der Waals surface area contributed by atoms with Gasteiger partial charge >= 0.3 is 0 Å². The van der Waals surface area contributed by atoms with Gasteiger partial charge in [-0.2, -0.15) is 5.10 Å². The van der Waals surface area contributed by atoms with Gasteiger partial charge < -0.3 is 11.1 Å². The summed E-state index contributed by atoms with van der Waals surface area (Å²) in [6, 6.07) is 9.44. The van der Waals surface area contributed by atoms with Gasteiger partial charge in [-0.05, 0) is 23.8 Å². The molecule has 0 aliphatic heterocycles. The molecule has 2 rings (SSSR count). The standard InChI is InChI=1S/C12H13BrN4O/c13-10-3-1-9(2-4-10)7-15-12(18)8-17-6-5-11(14)16-17/h1-6H,7-8H2,(H2,14,16)(H,15,18). The van der Waals surface area contributed by atoms with E-state index in [2.05, 4.69) is 26.3 Å². The number of amides is 1. The lowest BCUT2D eigenvalue weighted by molar-refractivity contribution is -0.122. The number of benzene rings is 1. The van der Waals surface area contributed by atoms with Gasteiger partial charge in [0.2, 0.25) is 5.91 Å². The van der Waals surface area contributed by atoms with Crippen LogP contribution < -0.4 is 11.1 Å². The number of halogens is 1. The van der Waals surface area contributed by atoms with Gasteiger partial charge in [-0.25, -0.2) is 0 Å². The molecule has 1 heterocycles. The highest BCUT2D eigenvalue weighted by Crippen LogP contribution is 2.10. The molecule has 0 atom stereocenters. The lowest BCUT2D eigenvalue weighted by Gasteiger charge is -2.05. The maximum Gasteiger partial charge on any atom is 0.241 e. The maximum atomic E-state index is 11.6. The summed E-state index contributed by atoms with van der Waals surface area (Å²) in [5, 5.41) is 6.76. The van der Waals surface area contributed by atoms with Crippen molar-refractivity contribution in [2.45, 2.75) is 13.1 Å². The van der Waals surface area contributed by atoms with Gasteiger partial charge in [-0.1, -0.05) is 28.1 Å². The fourth-order valence-corrected chi connectivity index (χ4v) is 1.74. The van der Waals surface area contributed by atoms with Crippen LogP contribution in [-0.2, 0) is 17.9 Å². The average Bonchev–Trinajstić information content (AvgIpc) is 2.74. The van der Waals surface area contributed by atoms with Gasteiger partial charge in [-0.3, -0.25) is 9.48 Å². The van der Waals surface area contributed by atoms with E-state index in [0.717, 1.165) is 10.0 Å². The number of carbonyl (C=O) groups excluding carboxylic acids is 1. The molecule has 94 valence electrons. The third-order valence-electron chi connectivity index (χ3n) is 2.37. The smallest absolute Gasteiger partial charge is 0.241 e. The Balaban J connectivity index is 1.83. The molecule has 0 bridgehead atoms. The molecule has 0 unspecified atom stereocenters. The minimum absolute atomic E-state index is 0.0963. The van der Waals surface area contributed by atoms with Crippen LogP contribution in [0, 0.1) is 0 Å². The van der Waals surface area contributed by atoms with Crippen LogP contribution >= 0.6 is 15.9 Å². The second kappa shape index (κ2) is 5.68. The summed E-state index contributed by atoms with van der Waals surface area (Å²) >= 11 is 3.36. The summed E-state index contributed by atoms with van der Waals surface area (Å²) in [6.07, 6.45) is 1.68. The second-order valence-electron chi connectivity index (χ2n) is 3.84. The van der Waals surface area contributed by atoms with Crippen molar-refractivity contribution in [2.75, 3.05) is 5.73 Å². The second-order valence-corrected chi connectivity index (χ2v) is 4.76. The van der Waals surface area contributed by atoms with E-state index in [1.54, 1.807) is 12.3 Å². The third-order valence-corrected chi connectivity index (χ3v) is 2.90. The van der Waals surface area contributed by atoms with Gasteiger partial charge in [0.1, 0.15) is 12.4 Å². The quantitative estimate of drug-likeness (QED) is 0.900. The molecule has 0 saturated carbocycles. The molecule has 0 spiro atoms. The van der Waals surface area contributed by atoms with Crippen molar-refractivity contribution in [3.8, 4) is 0 Å². The van der Waals surface area contributed by atoms with Crippen molar-refractivity contribution in [1.82, 2.24) is 15.1 Å². The molecule has 5 nitrogen and oxygen atoms in total. The molecule has 0 radical (unpaired) electrons. The van der Waals surface area contributed by atoms with Gasteiger partial charge in [0.05, 0.1) is 0 Å². The number of aromatic nitrogens is 2. The fourth-order valence-electron chi connectivity index (χ4n) is 1.47. The monoisotopic (exact) mass is 308 g/mol. The maximum absolute atomic E-state index is 11.6. The minimum Gasteiger partial charge on any atom is -0.382 e. The molecule has 2 aromatic rings.